The molecule has 0 bridgehead atoms. The minimum absolute atomic E-state index is 0. The van der Waals surface area contributed by atoms with Crippen LogP contribution in [0.1, 0.15) is 14.9 Å². The lowest BCUT2D eigenvalue weighted by Crippen LogP contribution is -1.79. The van der Waals surface area contributed by atoms with Gasteiger partial charge in [0, 0.05) is 40.0 Å². The Morgan fingerprint density at radius 1 is 0.636 bits per heavy atom. The van der Waals surface area contributed by atoms with E-state index in [0.717, 1.165) is 0 Å². The average molecular weight is 198 g/mol. The van der Waals surface area contributed by atoms with Gasteiger partial charge in [-0.25, -0.2) is 0 Å². The molecule has 0 aromatic carbocycles. The zero-order valence-corrected chi connectivity index (χ0v) is 9.13. The number of hydrogen-bond acceptors (Lipinski definition) is 0. The lowest BCUT2D eigenvalue weighted by atomic mass is 11.9. The van der Waals surface area contributed by atoms with Gasteiger partial charge in [0.2, 0.25) is 14.1 Å². The highest BCUT2D eigenvalue weighted by Gasteiger charge is 2.10. The van der Waals surface area contributed by atoms with Crippen LogP contribution < -0.4 is 4.17 Å². The topological polar surface area (TPSA) is 14.1 Å². The van der Waals surface area contributed by atoms with E-state index in [9.17, 15) is 0 Å². The van der Waals surface area contributed by atoms with Gasteiger partial charge in [-0.15, -0.1) is 0 Å². The van der Waals surface area contributed by atoms with E-state index in [1.54, 1.807) is 0 Å². The molecule has 0 saturated heterocycles. The zero-order valence-electron chi connectivity index (χ0n) is 7.34. The predicted molar refractivity (Wildman–Crippen MR) is 65.0 cm³/mol. The highest BCUT2D eigenvalue weighted by molar-refractivity contribution is 7.71. The second-order valence-electron chi connectivity index (χ2n) is 3.97. The first-order valence-corrected chi connectivity index (χ1v) is 9.25. The first-order valence-electron chi connectivity index (χ1n) is 3.08. The van der Waals surface area contributed by atoms with E-state index >= 15 is 0 Å². The van der Waals surface area contributed by atoms with E-state index in [1.165, 1.54) is 0 Å². The van der Waals surface area contributed by atoms with Crippen LogP contribution in [0.4, 0.5) is 0 Å². The van der Waals surface area contributed by atoms with Crippen molar-refractivity contribution in [2.24, 2.45) is 0 Å². The van der Waals surface area contributed by atoms with Gasteiger partial charge in [0.15, 0.2) is 0 Å². The molecule has 11 heavy (non-hydrogen) atoms. The van der Waals surface area contributed by atoms with Gasteiger partial charge in [0.05, 0.1) is 0 Å². The van der Waals surface area contributed by atoms with Crippen LogP contribution >= 0.6 is 14.1 Å². The normalized spacial score (nSPS) is 10.7. The molecule has 0 N–H and O–H groups in total. The fourth-order valence-electron chi connectivity index (χ4n) is 0.805. The second-order valence-corrected chi connectivity index (χ2v) is 12.5. The predicted octanol–water partition coefficient (Wildman–Crippen LogP) is 3.51. The molecule has 0 aliphatic heterocycles. The van der Waals surface area contributed by atoms with Crippen molar-refractivity contribution in [3.05, 3.63) is 0 Å². The minimum Gasteiger partial charge on any atom is -0.178 e. The molecule has 0 unspecified atom stereocenters. The maximum atomic E-state index is 4.76. The molecule has 0 spiro atoms. The van der Waals surface area contributed by atoms with Gasteiger partial charge >= 0.3 is 0 Å². The summed E-state index contributed by atoms with van der Waals surface area (Å²) < 4.78 is 4.76. The Kier molecular flexibility index (Phi) is 8.41. The third-order valence-electron chi connectivity index (χ3n) is 0.537. The summed E-state index contributed by atoms with van der Waals surface area (Å²) in [5, 5.41) is 0. The first kappa shape index (κ1) is 17.6. The highest BCUT2D eigenvalue weighted by Crippen LogP contribution is 2.38. The van der Waals surface area contributed by atoms with Crippen LogP contribution in [0.25, 0.3) is 0 Å². The number of rotatable bonds is 0. The zero-order chi connectivity index (χ0) is 7.71. The quantitative estimate of drug-likeness (QED) is 0.418. The Bertz CT molecular complexity index is 164. The first-order chi connectivity index (χ1) is 3.71. The molecule has 0 saturated carbocycles. The van der Waals surface area contributed by atoms with Crippen LogP contribution in [0.3, 0.4) is 0 Å². The summed E-state index contributed by atoms with van der Waals surface area (Å²) in [6.07, 6.45) is 0. The SMILES string of the molecule is C.C.CP(C)(C)=[N+]=P(C)(C)C. The van der Waals surface area contributed by atoms with Gasteiger partial charge in [-0.05, 0) is 0 Å². The Morgan fingerprint density at radius 3 is 0.818 bits per heavy atom. The van der Waals surface area contributed by atoms with Crippen LogP contribution in [0.2, 0.25) is 0 Å². The molecular formula is C8H26NP2+. The Balaban J connectivity index is -0.000000320. The van der Waals surface area contributed by atoms with Crippen molar-refractivity contribution in [2.45, 2.75) is 14.9 Å². The third kappa shape index (κ3) is 18.0. The van der Waals surface area contributed by atoms with Crippen LogP contribution in [-0.4, -0.2) is 40.0 Å². The summed E-state index contributed by atoms with van der Waals surface area (Å²) in [6.45, 7) is 13.6. The standard InChI is InChI=1S/C6H18NP2.2CH4/c1-8(2,3)7-9(4,5)6;;/h1-6H3;2*1H4/q+1;;. The summed E-state index contributed by atoms with van der Waals surface area (Å²) in [6, 6.07) is 0. The van der Waals surface area contributed by atoms with Crippen LogP contribution in [0, 0.1) is 0 Å². The lowest BCUT2D eigenvalue weighted by Gasteiger charge is -1.91. The molecule has 0 heterocycles. The summed E-state index contributed by atoms with van der Waals surface area (Å²) in [5.74, 6) is 0. The highest BCUT2D eigenvalue weighted by atomic mass is 31.2. The number of nitrogens with zero attached hydrogens (tertiary/aromatic N) is 1. The molecule has 3 heteroatoms. The van der Waals surface area contributed by atoms with Gasteiger partial charge in [0.25, 0.3) is 0 Å². The average Bonchev–Trinajstić information content (AvgIpc) is 1.14. The summed E-state index contributed by atoms with van der Waals surface area (Å²) in [7, 11) is -1.73. The monoisotopic (exact) mass is 198 g/mol. The van der Waals surface area contributed by atoms with Crippen molar-refractivity contribution in [3.63, 3.8) is 0 Å². The lowest BCUT2D eigenvalue weighted by molar-refractivity contribution is 1.71. The summed E-state index contributed by atoms with van der Waals surface area (Å²) in [4.78, 5) is 0. The van der Waals surface area contributed by atoms with Crippen molar-refractivity contribution in [1.29, 1.82) is 0 Å². The van der Waals surface area contributed by atoms with Crippen LogP contribution in [0.5, 0.6) is 0 Å². The smallest absolute Gasteiger partial charge is 0.178 e. The summed E-state index contributed by atoms with van der Waals surface area (Å²) in [5.41, 5.74) is 0. The molecular weight excluding hydrogens is 172 g/mol. The van der Waals surface area contributed by atoms with E-state index < -0.39 is 14.1 Å². The Hall–Kier alpha value is 0.570. The van der Waals surface area contributed by atoms with Crippen molar-refractivity contribution in [2.75, 3.05) is 40.0 Å². The fraction of sp³-hybridized carbons (Fsp3) is 1.00. The third-order valence-corrected chi connectivity index (χ3v) is 4.83. The van der Waals surface area contributed by atoms with Crippen LogP contribution in [0.15, 0.2) is 0 Å². The molecule has 0 aliphatic rings. The molecule has 0 aromatic heterocycles. The van der Waals surface area contributed by atoms with Crippen LogP contribution in [-0.2, 0) is 0 Å². The summed E-state index contributed by atoms with van der Waals surface area (Å²) >= 11 is 0. The molecule has 0 aromatic rings. The van der Waals surface area contributed by atoms with Gasteiger partial charge < -0.3 is 0 Å². The molecule has 0 rings (SSSR count). The van der Waals surface area contributed by atoms with Gasteiger partial charge in [-0.1, -0.05) is 14.9 Å². The van der Waals surface area contributed by atoms with E-state index in [1.807, 2.05) is 0 Å². The molecule has 1 nitrogen and oxygen atoms in total. The Morgan fingerprint density at radius 2 is 0.818 bits per heavy atom. The molecule has 0 fully saturated rings. The van der Waals surface area contributed by atoms with Crippen molar-refractivity contribution >= 4 is 14.1 Å². The van der Waals surface area contributed by atoms with E-state index in [4.69, 9.17) is 4.17 Å². The fourth-order valence-corrected chi connectivity index (χ4v) is 7.24. The molecule has 0 amide bonds. The van der Waals surface area contributed by atoms with Gasteiger partial charge in [-0.2, -0.15) is 4.17 Å². The number of hydrogen-bond donors (Lipinski definition) is 0. The Labute approximate surface area is 73.7 Å². The second kappa shape index (κ2) is 5.26. The maximum Gasteiger partial charge on any atom is 0.207 e. The van der Waals surface area contributed by atoms with Gasteiger partial charge in [-0.3, -0.25) is 0 Å². The van der Waals surface area contributed by atoms with E-state index in [0.29, 0.717) is 0 Å². The molecule has 0 atom stereocenters. The van der Waals surface area contributed by atoms with Gasteiger partial charge in [0.1, 0.15) is 0 Å². The molecule has 0 radical (unpaired) electrons. The minimum atomic E-state index is -0.863. The van der Waals surface area contributed by atoms with Crippen molar-refractivity contribution in [1.82, 2.24) is 4.17 Å². The van der Waals surface area contributed by atoms with Crippen molar-refractivity contribution in [3.8, 4) is 0 Å². The largest absolute Gasteiger partial charge is 0.207 e. The van der Waals surface area contributed by atoms with E-state index in [2.05, 4.69) is 40.0 Å². The maximum absolute atomic E-state index is 4.76. The van der Waals surface area contributed by atoms with E-state index in [-0.39, 0.29) is 14.9 Å². The van der Waals surface area contributed by atoms with Crippen molar-refractivity contribution < 1.29 is 0 Å². The molecule has 0 aliphatic carbocycles. The molecule has 72 valence electrons.